The van der Waals surface area contributed by atoms with Crippen LogP contribution in [0.2, 0.25) is 5.02 Å². The number of ether oxygens (including phenoxy) is 1. The molecule has 1 aliphatic rings. The second-order valence-electron chi connectivity index (χ2n) is 9.29. The number of hydrogen-bond donors (Lipinski definition) is 2. The summed E-state index contributed by atoms with van der Waals surface area (Å²) in [5.74, 6) is -0.247. The van der Waals surface area contributed by atoms with Crippen LogP contribution >= 0.6 is 11.6 Å². The van der Waals surface area contributed by atoms with Crippen LogP contribution in [0, 0.1) is 0 Å². The zero-order chi connectivity index (χ0) is 26.2. The van der Waals surface area contributed by atoms with E-state index in [2.05, 4.69) is 10.3 Å². The predicted octanol–water partition coefficient (Wildman–Crippen LogP) is 6.83. The Labute approximate surface area is 219 Å². The number of amides is 1. The number of benzene rings is 3. The molecule has 1 fully saturated rings. The minimum atomic E-state index is -0.758. The summed E-state index contributed by atoms with van der Waals surface area (Å²) in [6, 6.07) is 22.8. The molecule has 1 unspecified atom stereocenters. The molecule has 0 saturated heterocycles. The number of nitrogens with zero attached hydrogens (tertiary/aromatic N) is 2. The highest BCUT2D eigenvalue weighted by atomic mass is 35.5. The number of rotatable bonds is 7. The maximum atomic E-state index is 12.7. The van der Waals surface area contributed by atoms with Gasteiger partial charge in [-0.2, -0.15) is 0 Å². The Morgan fingerprint density at radius 2 is 1.59 bits per heavy atom. The average Bonchev–Trinajstić information content (AvgIpc) is 3.64. The van der Waals surface area contributed by atoms with Crippen molar-refractivity contribution in [3.8, 4) is 22.4 Å². The number of aryl methyl sites for hydroxylation is 1. The van der Waals surface area contributed by atoms with Gasteiger partial charge in [0.2, 0.25) is 0 Å². The van der Waals surface area contributed by atoms with E-state index in [0.29, 0.717) is 29.4 Å². The zero-order valence-corrected chi connectivity index (χ0v) is 21.2. The fraction of sp³-hybridized carbons (Fsp3) is 0.207. The fourth-order valence-electron chi connectivity index (χ4n) is 4.50. The van der Waals surface area contributed by atoms with E-state index < -0.39 is 23.6 Å². The Hall–Kier alpha value is -4.10. The summed E-state index contributed by atoms with van der Waals surface area (Å²) in [6.45, 7) is 1.77. The Kier molecular flexibility index (Phi) is 6.48. The van der Waals surface area contributed by atoms with E-state index in [-0.39, 0.29) is 0 Å². The molecule has 188 valence electrons. The molecule has 3 aromatic carbocycles. The summed E-state index contributed by atoms with van der Waals surface area (Å²) in [5.41, 5.74) is 4.30. The molecule has 7 nitrogen and oxygen atoms in total. The molecule has 4 aromatic rings. The molecular weight excluding hydrogens is 490 g/mol. The number of nitrogens with one attached hydrogen (secondary N) is 1. The van der Waals surface area contributed by atoms with Gasteiger partial charge in [-0.15, -0.1) is 0 Å². The molecule has 0 aliphatic heterocycles. The summed E-state index contributed by atoms with van der Waals surface area (Å²) >= 11 is 6.23. The highest BCUT2D eigenvalue weighted by molar-refractivity contribution is 6.31. The van der Waals surface area contributed by atoms with Gasteiger partial charge in [-0.3, -0.25) is 10.1 Å². The second kappa shape index (κ2) is 9.75. The lowest BCUT2D eigenvalue weighted by molar-refractivity contribution is -0.140. The zero-order valence-electron chi connectivity index (χ0n) is 20.4. The Morgan fingerprint density at radius 3 is 2.19 bits per heavy atom. The van der Waals surface area contributed by atoms with Crippen LogP contribution < -0.4 is 5.32 Å². The summed E-state index contributed by atoms with van der Waals surface area (Å²) < 4.78 is 7.28. The first-order valence-electron chi connectivity index (χ1n) is 12.0. The number of anilines is 1. The monoisotopic (exact) mass is 515 g/mol. The van der Waals surface area contributed by atoms with E-state index in [1.165, 1.54) is 0 Å². The van der Waals surface area contributed by atoms with E-state index in [4.69, 9.17) is 16.3 Å². The first-order valence-corrected chi connectivity index (χ1v) is 12.3. The highest BCUT2D eigenvalue weighted by Crippen LogP contribution is 2.48. The van der Waals surface area contributed by atoms with Crippen molar-refractivity contribution < 1.29 is 19.4 Å². The van der Waals surface area contributed by atoms with Gasteiger partial charge < -0.3 is 14.4 Å². The molecule has 37 heavy (non-hydrogen) atoms. The van der Waals surface area contributed by atoms with Gasteiger partial charge in [0, 0.05) is 23.2 Å². The van der Waals surface area contributed by atoms with Gasteiger partial charge in [0.25, 0.3) is 0 Å². The summed E-state index contributed by atoms with van der Waals surface area (Å²) in [4.78, 5) is 28.7. The molecule has 1 heterocycles. The lowest BCUT2D eigenvalue weighted by Gasteiger charge is -2.16. The largest absolute Gasteiger partial charge is 0.481 e. The lowest BCUT2D eigenvalue weighted by Crippen LogP contribution is -2.19. The molecule has 0 spiro atoms. The number of hydrogen-bond acceptors (Lipinski definition) is 4. The number of carboxylic acids is 1. The Bertz CT molecular complexity index is 1460. The van der Waals surface area contributed by atoms with Crippen molar-refractivity contribution in [1.29, 1.82) is 0 Å². The van der Waals surface area contributed by atoms with Crippen LogP contribution in [0.5, 0.6) is 0 Å². The quantitative estimate of drug-likeness (QED) is 0.281. The molecule has 8 heteroatoms. The molecule has 1 aliphatic carbocycles. The van der Waals surface area contributed by atoms with E-state index in [1.807, 2.05) is 66.7 Å². The van der Waals surface area contributed by atoms with Crippen LogP contribution in [0.25, 0.3) is 22.4 Å². The van der Waals surface area contributed by atoms with E-state index in [1.54, 1.807) is 30.9 Å². The first-order chi connectivity index (χ1) is 17.8. The number of carbonyl (C=O) groups is 2. The average molecular weight is 516 g/mol. The molecule has 1 amide bonds. The number of halogens is 1. The second-order valence-corrected chi connectivity index (χ2v) is 9.70. The van der Waals surface area contributed by atoms with Crippen LogP contribution in [0.1, 0.15) is 37.0 Å². The standard InChI is InChI=1S/C29H26ClN3O4/c1-18(23-5-3-4-6-24(23)30)37-28(36)32-26-25(31-17-33(26)2)21-9-7-19(8-10-21)20-11-13-22(14-12-20)29(15-16-29)27(34)35/h3-14,17-18H,15-16H2,1-2H3,(H,32,36)(H,34,35). The third-order valence-electron chi connectivity index (χ3n) is 6.87. The van der Waals surface area contributed by atoms with Crippen molar-refractivity contribution in [1.82, 2.24) is 9.55 Å². The number of aromatic nitrogens is 2. The van der Waals surface area contributed by atoms with Crippen molar-refractivity contribution in [2.24, 2.45) is 7.05 Å². The van der Waals surface area contributed by atoms with Crippen LogP contribution in [-0.4, -0.2) is 26.7 Å². The number of carboxylic acid groups (broad SMARTS) is 1. The predicted molar refractivity (Wildman–Crippen MR) is 143 cm³/mol. The summed E-state index contributed by atoms with van der Waals surface area (Å²) in [5, 5.41) is 12.9. The molecule has 1 aromatic heterocycles. The van der Waals surface area contributed by atoms with Crippen LogP contribution in [0.15, 0.2) is 79.1 Å². The maximum Gasteiger partial charge on any atom is 0.413 e. The normalized spacial score (nSPS) is 14.6. The molecular formula is C29H26ClN3O4. The van der Waals surface area contributed by atoms with Gasteiger partial charge in [-0.25, -0.2) is 9.78 Å². The molecule has 1 atom stereocenters. The first kappa shape index (κ1) is 24.6. The smallest absolute Gasteiger partial charge is 0.413 e. The van der Waals surface area contributed by atoms with Gasteiger partial charge in [0.1, 0.15) is 17.6 Å². The van der Waals surface area contributed by atoms with Gasteiger partial charge in [-0.1, -0.05) is 78.3 Å². The minimum absolute atomic E-state index is 0.511. The Balaban J connectivity index is 1.30. The van der Waals surface area contributed by atoms with Crippen molar-refractivity contribution >= 4 is 29.5 Å². The molecule has 2 N–H and O–H groups in total. The third kappa shape index (κ3) is 4.82. The molecule has 0 radical (unpaired) electrons. The van der Waals surface area contributed by atoms with E-state index >= 15 is 0 Å². The highest BCUT2D eigenvalue weighted by Gasteiger charge is 2.51. The molecule has 5 rings (SSSR count). The molecule has 1 saturated carbocycles. The number of imidazole rings is 1. The van der Waals surface area contributed by atoms with Crippen LogP contribution in [0.3, 0.4) is 0 Å². The number of carbonyl (C=O) groups excluding carboxylic acids is 1. The fourth-order valence-corrected chi connectivity index (χ4v) is 4.79. The number of aliphatic carboxylic acids is 1. The lowest BCUT2D eigenvalue weighted by atomic mass is 9.93. The van der Waals surface area contributed by atoms with E-state index in [0.717, 1.165) is 27.8 Å². The third-order valence-corrected chi connectivity index (χ3v) is 7.22. The van der Waals surface area contributed by atoms with Crippen molar-refractivity contribution in [3.63, 3.8) is 0 Å². The van der Waals surface area contributed by atoms with Gasteiger partial charge in [0.05, 0.1) is 11.7 Å². The van der Waals surface area contributed by atoms with Gasteiger partial charge in [0.15, 0.2) is 0 Å². The van der Waals surface area contributed by atoms with Crippen molar-refractivity contribution in [2.45, 2.75) is 31.3 Å². The summed E-state index contributed by atoms with van der Waals surface area (Å²) in [6.07, 6.45) is 1.86. The summed E-state index contributed by atoms with van der Waals surface area (Å²) in [7, 11) is 1.79. The van der Waals surface area contributed by atoms with Gasteiger partial charge >= 0.3 is 12.1 Å². The van der Waals surface area contributed by atoms with Gasteiger partial charge in [-0.05, 0) is 42.5 Å². The van der Waals surface area contributed by atoms with Crippen molar-refractivity contribution in [3.05, 3.63) is 95.3 Å². The van der Waals surface area contributed by atoms with Crippen LogP contribution in [0.4, 0.5) is 10.6 Å². The Morgan fingerprint density at radius 1 is 1.00 bits per heavy atom. The van der Waals surface area contributed by atoms with E-state index in [9.17, 15) is 14.7 Å². The SMILES string of the molecule is CC(OC(=O)Nc1c(-c2ccc(-c3ccc(C4(C(=O)O)CC4)cc3)cc2)ncn1C)c1ccccc1Cl. The van der Waals surface area contributed by atoms with Crippen LogP contribution in [-0.2, 0) is 22.0 Å². The maximum absolute atomic E-state index is 12.7. The molecule has 0 bridgehead atoms. The minimum Gasteiger partial charge on any atom is -0.481 e. The topological polar surface area (TPSA) is 93.4 Å². The van der Waals surface area contributed by atoms with Crippen molar-refractivity contribution in [2.75, 3.05) is 5.32 Å².